The highest BCUT2D eigenvalue weighted by Gasteiger charge is 2.49. The average molecular weight is 623 g/mol. The number of phenols is 1. The van der Waals surface area contributed by atoms with Crippen LogP contribution in [0.1, 0.15) is 31.2 Å². The largest absolute Gasteiger partial charge is 0.508 e. The van der Waals surface area contributed by atoms with E-state index >= 15 is 0 Å². The third-order valence-corrected chi connectivity index (χ3v) is 10.2. The molecule has 228 valence electrons. The minimum Gasteiger partial charge on any atom is -0.508 e. The molecular weight excluding hydrogens is 593 g/mol. The number of fused-ring (bicyclic) bond motifs is 5. The van der Waals surface area contributed by atoms with Crippen molar-refractivity contribution in [2.45, 2.75) is 55.6 Å². The van der Waals surface area contributed by atoms with Crippen molar-refractivity contribution in [3.05, 3.63) is 35.6 Å². The van der Waals surface area contributed by atoms with Crippen LogP contribution in [0.15, 0.2) is 24.3 Å². The molecule has 0 aliphatic carbocycles. The molecule has 13 heteroatoms. The quantitative estimate of drug-likeness (QED) is 0.297. The van der Waals surface area contributed by atoms with E-state index in [0.717, 1.165) is 30.7 Å². The van der Waals surface area contributed by atoms with Crippen molar-refractivity contribution in [3.8, 4) is 35.0 Å². The number of alkyl halides is 2. The molecule has 0 spiro atoms. The summed E-state index contributed by atoms with van der Waals surface area (Å²) < 4.78 is 56.0. The summed E-state index contributed by atoms with van der Waals surface area (Å²) >= 11 is 1.13. The zero-order chi connectivity index (χ0) is 30.2. The number of benzene rings is 2. The number of hydrogen-bond donors (Lipinski definition) is 2. The van der Waals surface area contributed by atoms with Crippen LogP contribution >= 0.6 is 11.3 Å². The first kappa shape index (κ1) is 27.7. The normalized spacial score (nSPS) is 28.1. The standard InChI is InChI=1S/C31H29F3N6O3S/c1-2-20-21(33)5-4-16-8-19(41)10-24(25(16)20)43-30-36-26-27(39-13-18-9-22(34)23(14-39)35-18)37-29(38-28(26)44-30)42-15-31-6-3-7-40(31)12-17(32)11-31/h1,4-5,8,10,17-18,22-23,35,41H,3,6-7,9,11-15H2/t17-,18-,22?,23-,31+/m1/s1. The fourth-order valence-corrected chi connectivity index (χ4v) is 8.20. The van der Waals surface area contributed by atoms with Crippen molar-refractivity contribution in [2.24, 2.45) is 0 Å². The van der Waals surface area contributed by atoms with Gasteiger partial charge in [0.1, 0.15) is 41.8 Å². The number of halogens is 3. The van der Waals surface area contributed by atoms with Gasteiger partial charge in [0.25, 0.3) is 5.19 Å². The van der Waals surface area contributed by atoms with Crippen LogP contribution in [0.3, 0.4) is 0 Å². The van der Waals surface area contributed by atoms with Gasteiger partial charge in [0, 0.05) is 43.5 Å². The first-order chi connectivity index (χ1) is 21.3. The SMILES string of the molecule is C#Cc1c(F)ccc2cc(O)cc(Oc3nc4c(N5C[C@H]6CC(F)[C@@H](C5)N6)nc(OC[C@@]56CCCN5C[C@H](F)C6)nc4s3)c12. The predicted molar refractivity (Wildman–Crippen MR) is 160 cm³/mol. The zero-order valence-electron chi connectivity index (χ0n) is 23.6. The van der Waals surface area contributed by atoms with Gasteiger partial charge in [-0.1, -0.05) is 23.3 Å². The Kier molecular flexibility index (Phi) is 6.51. The minimum atomic E-state index is -0.958. The van der Waals surface area contributed by atoms with E-state index in [1.54, 1.807) is 0 Å². The Morgan fingerprint density at radius 2 is 2.07 bits per heavy atom. The number of nitrogens with zero attached hydrogens (tertiary/aromatic N) is 5. The predicted octanol–water partition coefficient (Wildman–Crippen LogP) is 4.70. The van der Waals surface area contributed by atoms with Gasteiger partial charge >= 0.3 is 6.01 Å². The van der Waals surface area contributed by atoms with Gasteiger partial charge in [-0.2, -0.15) is 15.0 Å². The van der Waals surface area contributed by atoms with E-state index in [-0.39, 0.29) is 52.5 Å². The first-order valence-electron chi connectivity index (χ1n) is 14.7. The van der Waals surface area contributed by atoms with E-state index < -0.39 is 18.2 Å². The van der Waals surface area contributed by atoms with Gasteiger partial charge in [-0.15, -0.1) is 6.42 Å². The summed E-state index contributed by atoms with van der Waals surface area (Å²) in [5.41, 5.74) is 0.0809. The number of aromatic hydroxyl groups is 1. The molecule has 8 rings (SSSR count). The second-order valence-electron chi connectivity index (χ2n) is 12.2. The molecule has 2 aromatic heterocycles. The molecule has 4 aliphatic rings. The van der Waals surface area contributed by atoms with Gasteiger partial charge in [0.2, 0.25) is 0 Å². The Bertz CT molecular complexity index is 1830. The molecule has 0 saturated carbocycles. The topological polar surface area (TPSA) is 95.9 Å². The molecule has 2 N–H and O–H groups in total. The molecule has 2 bridgehead atoms. The van der Waals surface area contributed by atoms with Crippen LogP contribution in [-0.4, -0.2) is 87.7 Å². The Labute approximate surface area is 255 Å². The summed E-state index contributed by atoms with van der Waals surface area (Å²) in [7, 11) is 0. The molecule has 44 heavy (non-hydrogen) atoms. The number of terminal acetylenes is 1. The number of nitrogens with one attached hydrogen (secondary N) is 1. The van der Waals surface area contributed by atoms with E-state index in [1.165, 1.54) is 24.3 Å². The van der Waals surface area contributed by atoms with Crippen LogP contribution < -0.4 is 19.7 Å². The van der Waals surface area contributed by atoms with Crippen LogP contribution in [0.4, 0.5) is 19.0 Å². The maximum Gasteiger partial charge on any atom is 0.319 e. The number of hydrogen-bond acceptors (Lipinski definition) is 10. The maximum atomic E-state index is 14.6. The van der Waals surface area contributed by atoms with Crippen molar-refractivity contribution in [1.82, 2.24) is 25.2 Å². The van der Waals surface area contributed by atoms with Gasteiger partial charge in [-0.25, -0.2) is 13.2 Å². The van der Waals surface area contributed by atoms with Gasteiger partial charge in [-0.05, 0) is 43.3 Å². The van der Waals surface area contributed by atoms with Crippen LogP contribution in [0.25, 0.3) is 21.1 Å². The summed E-state index contributed by atoms with van der Waals surface area (Å²) in [4.78, 5) is 18.8. The monoisotopic (exact) mass is 622 g/mol. The fraction of sp³-hybridized carbons (Fsp3) is 0.452. The highest BCUT2D eigenvalue weighted by Crippen LogP contribution is 2.43. The average Bonchev–Trinajstić information content (AvgIpc) is 3.72. The zero-order valence-corrected chi connectivity index (χ0v) is 24.4. The summed E-state index contributed by atoms with van der Waals surface area (Å²) in [6, 6.07) is 5.36. The van der Waals surface area contributed by atoms with Crippen molar-refractivity contribution in [3.63, 3.8) is 0 Å². The van der Waals surface area contributed by atoms with Gasteiger partial charge in [-0.3, -0.25) is 4.90 Å². The molecule has 9 nitrogen and oxygen atoms in total. The Morgan fingerprint density at radius 1 is 1.18 bits per heavy atom. The molecular formula is C31H29F3N6O3S. The van der Waals surface area contributed by atoms with Crippen LogP contribution in [0.5, 0.6) is 22.7 Å². The van der Waals surface area contributed by atoms with Gasteiger partial charge in [0.15, 0.2) is 10.6 Å². The third kappa shape index (κ3) is 4.58. The summed E-state index contributed by atoms with van der Waals surface area (Å²) in [6.07, 6.45) is 6.46. The maximum absolute atomic E-state index is 14.6. The third-order valence-electron chi connectivity index (χ3n) is 9.34. The van der Waals surface area contributed by atoms with Crippen LogP contribution in [0.2, 0.25) is 0 Å². The van der Waals surface area contributed by atoms with Crippen LogP contribution in [-0.2, 0) is 0 Å². The van der Waals surface area contributed by atoms with E-state index in [9.17, 15) is 18.3 Å². The molecule has 0 amide bonds. The van der Waals surface area contributed by atoms with E-state index in [0.29, 0.717) is 59.4 Å². The Morgan fingerprint density at radius 3 is 2.91 bits per heavy atom. The highest BCUT2D eigenvalue weighted by atomic mass is 32.1. The summed E-state index contributed by atoms with van der Waals surface area (Å²) in [6.45, 7) is 2.43. The molecule has 0 radical (unpaired) electrons. The van der Waals surface area contributed by atoms with E-state index in [2.05, 4.69) is 21.1 Å². The van der Waals surface area contributed by atoms with E-state index in [1.807, 2.05) is 4.90 Å². The summed E-state index contributed by atoms with van der Waals surface area (Å²) in [5.74, 6) is 2.34. The number of aromatic nitrogens is 3. The molecule has 6 heterocycles. The molecule has 4 fully saturated rings. The lowest BCUT2D eigenvalue weighted by molar-refractivity contribution is 0.107. The lowest BCUT2D eigenvalue weighted by Crippen LogP contribution is -2.52. The van der Waals surface area contributed by atoms with Gasteiger partial charge < -0.3 is 24.8 Å². The number of thiazole rings is 1. The molecule has 5 atom stereocenters. The van der Waals surface area contributed by atoms with E-state index in [4.69, 9.17) is 25.9 Å². The minimum absolute atomic E-state index is 0.00890. The lowest BCUT2D eigenvalue weighted by atomic mass is 9.95. The highest BCUT2D eigenvalue weighted by molar-refractivity contribution is 7.19. The number of ether oxygens (including phenoxy) is 2. The second-order valence-corrected chi connectivity index (χ2v) is 13.1. The number of piperazine rings is 1. The van der Waals surface area contributed by atoms with Crippen LogP contribution in [0, 0.1) is 18.2 Å². The number of anilines is 1. The Balaban J connectivity index is 1.18. The number of rotatable bonds is 6. The Hall–Kier alpha value is -3.86. The van der Waals surface area contributed by atoms with Crippen molar-refractivity contribution in [2.75, 3.05) is 37.7 Å². The molecule has 1 unspecified atom stereocenters. The van der Waals surface area contributed by atoms with Crippen molar-refractivity contribution < 1.29 is 27.8 Å². The number of phenolic OH excluding ortho intramolecular Hbond substituents is 1. The smallest absolute Gasteiger partial charge is 0.319 e. The molecule has 4 aromatic rings. The molecule has 4 aliphatic heterocycles. The summed E-state index contributed by atoms with van der Waals surface area (Å²) in [5, 5.41) is 14.7. The molecule has 4 saturated heterocycles. The first-order valence-corrected chi connectivity index (χ1v) is 15.6. The second kappa shape index (κ2) is 10.4. The van der Waals surface area contributed by atoms with Gasteiger partial charge in [0.05, 0.1) is 17.1 Å². The van der Waals surface area contributed by atoms with Crippen molar-refractivity contribution >= 4 is 38.3 Å². The fourth-order valence-electron chi connectivity index (χ4n) is 7.40. The molecule has 2 aromatic carbocycles. The lowest BCUT2D eigenvalue weighted by Gasteiger charge is -2.34. The van der Waals surface area contributed by atoms with Crippen molar-refractivity contribution in [1.29, 1.82) is 0 Å².